The molecule has 0 radical (unpaired) electrons. The van der Waals surface area contributed by atoms with E-state index in [1.165, 1.54) is 5.56 Å². The molecule has 1 aliphatic rings. The van der Waals surface area contributed by atoms with Crippen LogP contribution in [0.15, 0.2) is 28.7 Å². The van der Waals surface area contributed by atoms with E-state index >= 15 is 0 Å². The van der Waals surface area contributed by atoms with Gasteiger partial charge in [-0.3, -0.25) is 4.79 Å². The maximum atomic E-state index is 12.1. The van der Waals surface area contributed by atoms with Gasteiger partial charge in [-0.25, -0.2) is 0 Å². The summed E-state index contributed by atoms with van der Waals surface area (Å²) < 4.78 is 6.32. The van der Waals surface area contributed by atoms with E-state index in [1.807, 2.05) is 17.0 Å². The molecule has 18 heavy (non-hydrogen) atoms. The van der Waals surface area contributed by atoms with Crippen LogP contribution in [0.2, 0.25) is 0 Å². The maximum absolute atomic E-state index is 12.1. The second kappa shape index (κ2) is 6.34. The van der Waals surface area contributed by atoms with Crippen LogP contribution in [0, 0.1) is 0 Å². The van der Waals surface area contributed by atoms with E-state index in [-0.39, 0.29) is 11.8 Å². The van der Waals surface area contributed by atoms with Gasteiger partial charge >= 0.3 is 0 Å². The lowest BCUT2D eigenvalue weighted by Crippen LogP contribution is -2.41. The Bertz CT molecular complexity index is 399. The Morgan fingerprint density at radius 1 is 1.33 bits per heavy atom. The highest BCUT2D eigenvalue weighted by Gasteiger charge is 2.19. The number of benzene rings is 1. The first-order chi connectivity index (χ1) is 8.66. The minimum atomic E-state index is 0.230. The Kier molecular flexibility index (Phi) is 4.78. The molecule has 1 heterocycles. The maximum Gasteiger partial charge on any atom is 0.223 e. The third kappa shape index (κ3) is 3.56. The lowest BCUT2D eigenvalue weighted by Gasteiger charge is -2.28. The molecule has 0 aliphatic carbocycles. The SMILES string of the molecule is CC(CC(=O)N1CCOCC1)c1ccc(Br)cc1. The topological polar surface area (TPSA) is 29.5 Å². The quantitative estimate of drug-likeness (QED) is 0.859. The molecule has 1 amide bonds. The Morgan fingerprint density at radius 2 is 1.94 bits per heavy atom. The summed E-state index contributed by atoms with van der Waals surface area (Å²) >= 11 is 3.42. The molecule has 1 saturated heterocycles. The number of carbonyl (C=O) groups is 1. The summed E-state index contributed by atoms with van der Waals surface area (Å²) in [6, 6.07) is 8.18. The number of nitrogens with zero attached hydrogens (tertiary/aromatic N) is 1. The number of morpholine rings is 1. The van der Waals surface area contributed by atoms with Crippen molar-refractivity contribution in [1.29, 1.82) is 0 Å². The summed E-state index contributed by atoms with van der Waals surface area (Å²) in [6.45, 7) is 4.89. The zero-order chi connectivity index (χ0) is 13.0. The van der Waals surface area contributed by atoms with E-state index in [9.17, 15) is 4.79 Å². The smallest absolute Gasteiger partial charge is 0.223 e. The molecular weight excluding hydrogens is 294 g/mol. The van der Waals surface area contributed by atoms with Crippen LogP contribution in [-0.4, -0.2) is 37.1 Å². The van der Waals surface area contributed by atoms with E-state index in [0.717, 1.165) is 17.6 Å². The molecule has 98 valence electrons. The Balaban J connectivity index is 1.91. The van der Waals surface area contributed by atoms with Gasteiger partial charge in [0.15, 0.2) is 0 Å². The van der Waals surface area contributed by atoms with E-state index in [2.05, 4.69) is 35.0 Å². The fourth-order valence-corrected chi connectivity index (χ4v) is 2.38. The molecule has 1 unspecified atom stereocenters. The molecule has 1 atom stereocenters. The van der Waals surface area contributed by atoms with Crippen molar-refractivity contribution in [3.8, 4) is 0 Å². The second-order valence-electron chi connectivity index (χ2n) is 4.65. The number of carbonyl (C=O) groups excluding carboxylic acids is 1. The molecule has 0 bridgehead atoms. The average molecular weight is 312 g/mol. The molecule has 0 aromatic heterocycles. The standard InChI is InChI=1S/C14H18BrNO2/c1-11(12-2-4-13(15)5-3-12)10-14(17)16-6-8-18-9-7-16/h2-5,11H,6-10H2,1H3. The van der Waals surface area contributed by atoms with Crippen molar-refractivity contribution in [2.75, 3.05) is 26.3 Å². The van der Waals surface area contributed by atoms with Crippen LogP contribution in [0.5, 0.6) is 0 Å². The van der Waals surface area contributed by atoms with Crippen molar-refractivity contribution in [3.05, 3.63) is 34.3 Å². The van der Waals surface area contributed by atoms with E-state index in [1.54, 1.807) is 0 Å². The Labute approximate surface area is 116 Å². The van der Waals surface area contributed by atoms with Gasteiger partial charge in [0.25, 0.3) is 0 Å². The van der Waals surface area contributed by atoms with Crippen LogP contribution in [-0.2, 0) is 9.53 Å². The predicted molar refractivity (Wildman–Crippen MR) is 74.6 cm³/mol. The largest absolute Gasteiger partial charge is 0.378 e. The fraction of sp³-hybridized carbons (Fsp3) is 0.500. The predicted octanol–water partition coefficient (Wildman–Crippen LogP) is 2.80. The van der Waals surface area contributed by atoms with Gasteiger partial charge in [-0.2, -0.15) is 0 Å². The van der Waals surface area contributed by atoms with E-state index in [0.29, 0.717) is 19.6 Å². The monoisotopic (exact) mass is 311 g/mol. The molecule has 4 heteroatoms. The summed E-state index contributed by atoms with van der Waals surface area (Å²) in [5.74, 6) is 0.488. The van der Waals surface area contributed by atoms with Gasteiger partial charge in [0.1, 0.15) is 0 Å². The summed E-state index contributed by atoms with van der Waals surface area (Å²) in [4.78, 5) is 14.0. The van der Waals surface area contributed by atoms with Crippen molar-refractivity contribution >= 4 is 21.8 Å². The molecule has 1 fully saturated rings. The summed E-state index contributed by atoms with van der Waals surface area (Å²) in [5, 5.41) is 0. The summed E-state index contributed by atoms with van der Waals surface area (Å²) in [7, 11) is 0. The molecule has 2 rings (SSSR count). The molecule has 0 saturated carbocycles. The number of hydrogen-bond donors (Lipinski definition) is 0. The molecule has 3 nitrogen and oxygen atoms in total. The number of ether oxygens (including phenoxy) is 1. The zero-order valence-electron chi connectivity index (χ0n) is 10.6. The van der Waals surface area contributed by atoms with Crippen LogP contribution in [0.4, 0.5) is 0 Å². The van der Waals surface area contributed by atoms with Crippen LogP contribution in [0.3, 0.4) is 0 Å². The van der Waals surface area contributed by atoms with Crippen molar-refractivity contribution in [2.45, 2.75) is 19.3 Å². The highest BCUT2D eigenvalue weighted by atomic mass is 79.9. The molecular formula is C14H18BrNO2. The molecule has 1 aromatic rings. The van der Waals surface area contributed by atoms with Gasteiger partial charge in [0.2, 0.25) is 5.91 Å². The van der Waals surface area contributed by atoms with Crippen molar-refractivity contribution in [3.63, 3.8) is 0 Å². The molecule has 1 aromatic carbocycles. The van der Waals surface area contributed by atoms with Crippen LogP contribution >= 0.6 is 15.9 Å². The van der Waals surface area contributed by atoms with E-state index < -0.39 is 0 Å². The van der Waals surface area contributed by atoms with Crippen molar-refractivity contribution < 1.29 is 9.53 Å². The number of rotatable bonds is 3. The van der Waals surface area contributed by atoms with Gasteiger partial charge in [-0.15, -0.1) is 0 Å². The van der Waals surface area contributed by atoms with Gasteiger partial charge in [-0.05, 0) is 23.6 Å². The highest BCUT2D eigenvalue weighted by molar-refractivity contribution is 9.10. The highest BCUT2D eigenvalue weighted by Crippen LogP contribution is 2.22. The minimum absolute atomic E-state index is 0.230. The van der Waals surface area contributed by atoms with Crippen LogP contribution < -0.4 is 0 Å². The van der Waals surface area contributed by atoms with Gasteiger partial charge in [0, 0.05) is 24.0 Å². The number of halogens is 1. The van der Waals surface area contributed by atoms with Gasteiger partial charge in [-0.1, -0.05) is 35.0 Å². The summed E-state index contributed by atoms with van der Waals surface area (Å²) in [6.07, 6.45) is 0.571. The summed E-state index contributed by atoms with van der Waals surface area (Å²) in [5.41, 5.74) is 1.21. The van der Waals surface area contributed by atoms with Gasteiger partial charge in [0.05, 0.1) is 13.2 Å². The first-order valence-corrected chi connectivity index (χ1v) is 7.07. The molecule has 0 spiro atoms. The van der Waals surface area contributed by atoms with Crippen molar-refractivity contribution in [1.82, 2.24) is 4.90 Å². The first-order valence-electron chi connectivity index (χ1n) is 6.28. The van der Waals surface area contributed by atoms with Gasteiger partial charge < -0.3 is 9.64 Å². The normalized spacial score (nSPS) is 17.6. The minimum Gasteiger partial charge on any atom is -0.378 e. The third-order valence-corrected chi connectivity index (χ3v) is 3.81. The lowest BCUT2D eigenvalue weighted by molar-refractivity contribution is -0.135. The van der Waals surface area contributed by atoms with E-state index in [4.69, 9.17) is 4.74 Å². The van der Waals surface area contributed by atoms with Crippen LogP contribution in [0.1, 0.15) is 24.8 Å². The first kappa shape index (κ1) is 13.6. The lowest BCUT2D eigenvalue weighted by atomic mass is 9.97. The Hall–Kier alpha value is -0.870. The number of hydrogen-bond acceptors (Lipinski definition) is 2. The average Bonchev–Trinajstić information content (AvgIpc) is 2.40. The Morgan fingerprint density at radius 3 is 2.56 bits per heavy atom. The number of amides is 1. The second-order valence-corrected chi connectivity index (χ2v) is 5.57. The fourth-order valence-electron chi connectivity index (χ4n) is 2.11. The third-order valence-electron chi connectivity index (χ3n) is 3.28. The van der Waals surface area contributed by atoms with Crippen molar-refractivity contribution in [2.24, 2.45) is 0 Å². The molecule has 1 aliphatic heterocycles. The zero-order valence-corrected chi connectivity index (χ0v) is 12.1. The van der Waals surface area contributed by atoms with Crippen LogP contribution in [0.25, 0.3) is 0 Å². The molecule has 0 N–H and O–H groups in total.